The van der Waals surface area contributed by atoms with Gasteiger partial charge in [-0.15, -0.1) is 0 Å². The lowest BCUT2D eigenvalue weighted by atomic mass is 9.96. The monoisotopic (exact) mass is 511 g/mol. The van der Waals surface area contributed by atoms with E-state index in [1.54, 1.807) is 31.2 Å². The Morgan fingerprint density at radius 3 is 2.47 bits per heavy atom. The van der Waals surface area contributed by atoms with Crippen molar-refractivity contribution < 1.29 is 24.5 Å². The third-order valence-electron chi connectivity index (χ3n) is 6.25. The number of aromatic hydroxyl groups is 1. The summed E-state index contributed by atoms with van der Waals surface area (Å²) in [5.41, 5.74) is 2.54. The van der Waals surface area contributed by atoms with Crippen LogP contribution in [0.2, 0.25) is 0 Å². The average Bonchev–Trinajstić information content (AvgIpc) is 3.55. The summed E-state index contributed by atoms with van der Waals surface area (Å²) in [6, 6.07) is 14.1. The van der Waals surface area contributed by atoms with Gasteiger partial charge in [0.05, 0.1) is 4.92 Å². The van der Waals surface area contributed by atoms with Crippen molar-refractivity contribution in [3.8, 4) is 5.75 Å². The van der Waals surface area contributed by atoms with E-state index in [4.69, 9.17) is 4.84 Å². The highest BCUT2D eigenvalue weighted by molar-refractivity contribution is 6.51. The summed E-state index contributed by atoms with van der Waals surface area (Å²) in [4.78, 5) is 46.0. The predicted molar refractivity (Wildman–Crippen MR) is 140 cm³/mol. The number of carbonyl (C=O) groups excluding carboxylic acids is 2. The lowest BCUT2D eigenvalue weighted by Gasteiger charge is -2.10. The number of oxime groups is 1. The van der Waals surface area contributed by atoms with Crippen LogP contribution in [-0.4, -0.2) is 41.7 Å². The summed E-state index contributed by atoms with van der Waals surface area (Å²) < 4.78 is 3.07. The minimum Gasteiger partial charge on any atom is -0.508 e. The largest absolute Gasteiger partial charge is 0.508 e. The fraction of sp³-hybridized carbons (Fsp3) is 0.111. The molecule has 0 saturated carbocycles. The van der Waals surface area contributed by atoms with Gasteiger partial charge in [0.15, 0.2) is 5.71 Å². The summed E-state index contributed by atoms with van der Waals surface area (Å²) in [5.74, 6) is -0.536. The van der Waals surface area contributed by atoms with Gasteiger partial charge < -0.3 is 9.67 Å². The summed E-state index contributed by atoms with van der Waals surface area (Å²) in [5, 5.41) is 26.5. The highest BCUT2D eigenvalue weighted by Gasteiger charge is 2.23. The van der Waals surface area contributed by atoms with E-state index in [9.17, 15) is 24.8 Å². The van der Waals surface area contributed by atoms with Gasteiger partial charge in [0.2, 0.25) is 5.78 Å². The Morgan fingerprint density at radius 2 is 1.82 bits per heavy atom. The van der Waals surface area contributed by atoms with Crippen LogP contribution in [-0.2, 0) is 11.4 Å². The van der Waals surface area contributed by atoms with Gasteiger partial charge in [-0.3, -0.25) is 19.7 Å². The molecule has 190 valence electrons. The summed E-state index contributed by atoms with van der Waals surface area (Å²) in [6.45, 7) is 4.27. The molecule has 5 rings (SSSR count). The molecule has 3 aromatic carbocycles. The molecule has 0 aliphatic rings. The molecule has 1 N–H and O–H groups in total. The first-order valence-electron chi connectivity index (χ1n) is 11.6. The maximum atomic E-state index is 13.8. The van der Waals surface area contributed by atoms with E-state index < -0.39 is 16.8 Å². The number of hydrogen-bond donors (Lipinski definition) is 1. The van der Waals surface area contributed by atoms with Crippen molar-refractivity contribution in [2.75, 3.05) is 0 Å². The van der Waals surface area contributed by atoms with Crippen LogP contribution >= 0.6 is 0 Å². The normalized spacial score (nSPS) is 11.7. The summed E-state index contributed by atoms with van der Waals surface area (Å²) >= 11 is 0. The second-order valence-electron chi connectivity index (χ2n) is 8.53. The number of carbonyl (C=O) groups is 2. The molecule has 0 fully saturated rings. The van der Waals surface area contributed by atoms with Gasteiger partial charge in [0.25, 0.3) is 5.69 Å². The molecule has 0 unspecified atom stereocenters. The van der Waals surface area contributed by atoms with Crippen molar-refractivity contribution in [2.45, 2.75) is 20.4 Å². The summed E-state index contributed by atoms with van der Waals surface area (Å²) in [7, 11) is 0. The van der Waals surface area contributed by atoms with Gasteiger partial charge >= 0.3 is 6.09 Å². The van der Waals surface area contributed by atoms with Crippen LogP contribution in [0.5, 0.6) is 5.75 Å². The molecule has 2 aromatic heterocycles. The van der Waals surface area contributed by atoms with E-state index in [-0.39, 0.29) is 22.7 Å². The zero-order valence-corrected chi connectivity index (χ0v) is 20.4. The number of Topliss-reactive ketones (excluding diaryl/α,β-unsaturated/α-hetero) is 1. The smallest absolute Gasteiger partial charge is 0.445 e. The van der Waals surface area contributed by atoms with Crippen LogP contribution in [0.25, 0.3) is 21.8 Å². The maximum absolute atomic E-state index is 13.8. The molecule has 0 atom stereocenters. The number of imidazole rings is 1. The SMILES string of the molecule is CCn1c2ccc(C(=O)C(=NOC(=O)n3ccnc3)c3ccc(O)cc3C)cc2c2cc([N+](=O)[O-])ccc21. The average molecular weight is 511 g/mol. The first-order valence-corrected chi connectivity index (χ1v) is 11.6. The Hall–Kier alpha value is -5.32. The number of benzene rings is 3. The topological polar surface area (TPSA) is 142 Å². The number of nitro groups is 1. The van der Waals surface area contributed by atoms with Crippen LogP contribution in [0.15, 0.2) is 78.5 Å². The van der Waals surface area contributed by atoms with Crippen molar-refractivity contribution in [1.82, 2.24) is 14.1 Å². The Morgan fingerprint density at radius 1 is 1.08 bits per heavy atom. The molecule has 11 heteroatoms. The van der Waals surface area contributed by atoms with Crippen LogP contribution < -0.4 is 0 Å². The molecule has 0 amide bonds. The number of hydrogen-bond acceptors (Lipinski definition) is 8. The maximum Gasteiger partial charge on any atom is 0.445 e. The zero-order chi connectivity index (χ0) is 27.0. The molecule has 0 saturated heterocycles. The second kappa shape index (κ2) is 9.62. The number of rotatable bonds is 6. The molecule has 2 heterocycles. The number of fused-ring (bicyclic) bond motifs is 3. The second-order valence-corrected chi connectivity index (χ2v) is 8.53. The van der Waals surface area contributed by atoms with Crippen LogP contribution in [0, 0.1) is 17.0 Å². The number of aryl methyl sites for hydroxylation is 2. The number of nitrogens with zero attached hydrogens (tertiary/aromatic N) is 5. The van der Waals surface area contributed by atoms with E-state index in [0.29, 0.717) is 28.4 Å². The quantitative estimate of drug-likeness (QED) is 0.108. The highest BCUT2D eigenvalue weighted by atomic mass is 16.7. The van der Waals surface area contributed by atoms with Gasteiger partial charge in [-0.2, -0.15) is 0 Å². The Labute approximate surface area is 215 Å². The molecular formula is C27H21N5O6. The zero-order valence-electron chi connectivity index (χ0n) is 20.4. The number of aromatic nitrogens is 3. The minimum atomic E-state index is -0.863. The molecule has 0 bridgehead atoms. The van der Waals surface area contributed by atoms with Crippen LogP contribution in [0.3, 0.4) is 0 Å². The fourth-order valence-electron chi connectivity index (χ4n) is 4.45. The number of phenols is 1. The van der Waals surface area contributed by atoms with Gasteiger partial charge in [-0.25, -0.2) is 14.3 Å². The highest BCUT2D eigenvalue weighted by Crippen LogP contribution is 2.33. The molecule has 38 heavy (non-hydrogen) atoms. The molecule has 0 aliphatic heterocycles. The standard InChI is InChI=1S/C27H21N5O6/c1-3-31-23-8-4-17(13-21(23)22-14-18(32(36)37)5-9-24(22)31)26(34)25(20-7-6-19(33)12-16(20)2)29-38-27(35)30-11-10-28-15-30/h4-15,33H,3H2,1-2H3. The third kappa shape index (κ3) is 4.26. The fourth-order valence-corrected chi connectivity index (χ4v) is 4.45. The van der Waals surface area contributed by atoms with Gasteiger partial charge in [0.1, 0.15) is 12.1 Å². The van der Waals surface area contributed by atoms with E-state index in [1.165, 1.54) is 49.1 Å². The van der Waals surface area contributed by atoms with Crippen molar-refractivity contribution in [1.29, 1.82) is 0 Å². The van der Waals surface area contributed by atoms with E-state index in [0.717, 1.165) is 15.6 Å². The Bertz CT molecular complexity index is 1770. The van der Waals surface area contributed by atoms with Crippen LogP contribution in [0.4, 0.5) is 10.5 Å². The third-order valence-corrected chi connectivity index (χ3v) is 6.25. The molecular weight excluding hydrogens is 490 g/mol. The Balaban J connectivity index is 1.64. The van der Waals surface area contributed by atoms with Gasteiger partial charge in [0, 0.05) is 64.0 Å². The van der Waals surface area contributed by atoms with E-state index in [1.807, 2.05) is 11.5 Å². The molecule has 0 radical (unpaired) electrons. The minimum absolute atomic E-state index is 0.00356. The van der Waals surface area contributed by atoms with E-state index in [2.05, 4.69) is 10.1 Å². The Kier molecular flexibility index (Phi) is 6.17. The predicted octanol–water partition coefficient (Wildman–Crippen LogP) is 5.21. The van der Waals surface area contributed by atoms with Crippen molar-refractivity contribution >= 4 is 45.1 Å². The molecule has 5 aromatic rings. The lowest BCUT2D eigenvalue weighted by molar-refractivity contribution is -0.384. The van der Waals surface area contributed by atoms with Crippen LogP contribution in [0.1, 0.15) is 28.4 Å². The number of ketones is 1. The number of non-ortho nitro benzene ring substituents is 1. The van der Waals surface area contributed by atoms with Crippen molar-refractivity contribution in [2.24, 2.45) is 5.16 Å². The van der Waals surface area contributed by atoms with E-state index >= 15 is 0 Å². The van der Waals surface area contributed by atoms with Crippen molar-refractivity contribution in [3.63, 3.8) is 0 Å². The molecule has 11 nitrogen and oxygen atoms in total. The first-order chi connectivity index (χ1) is 18.3. The summed E-state index contributed by atoms with van der Waals surface area (Å²) in [6.07, 6.45) is 3.15. The van der Waals surface area contributed by atoms with Gasteiger partial charge in [-0.05, 0) is 61.9 Å². The lowest BCUT2D eigenvalue weighted by Crippen LogP contribution is -2.19. The van der Waals surface area contributed by atoms with Gasteiger partial charge in [-0.1, -0.05) is 5.16 Å². The first kappa shape index (κ1) is 24.4. The molecule has 0 spiro atoms. The number of nitro benzene ring substituents is 1. The molecule has 0 aliphatic carbocycles. The number of phenolic OH excluding ortho intramolecular Hbond substituents is 1. The van der Waals surface area contributed by atoms with Crippen molar-refractivity contribution in [3.05, 3.63) is 100 Å².